The van der Waals surface area contributed by atoms with Gasteiger partial charge in [-0.3, -0.25) is 14.4 Å². The smallest absolute Gasteiger partial charge is 0.256 e. The molecule has 0 bridgehead atoms. The summed E-state index contributed by atoms with van der Waals surface area (Å²) in [5.74, 6) is -0.977. The SMILES string of the molecule is CN(C(=O)C1CC1)c1ccccc1C(=O)N1CCN(C(=O)c2ccccc2F)CC1. The maximum absolute atomic E-state index is 13.9. The molecule has 1 saturated carbocycles. The summed E-state index contributed by atoms with van der Waals surface area (Å²) in [6.07, 6.45) is 1.80. The molecule has 2 aliphatic rings. The van der Waals surface area contributed by atoms with E-state index in [1.54, 1.807) is 52.1 Å². The third-order valence-electron chi connectivity index (χ3n) is 5.71. The minimum Gasteiger partial charge on any atom is -0.335 e. The van der Waals surface area contributed by atoms with Crippen LogP contribution in [0.15, 0.2) is 48.5 Å². The van der Waals surface area contributed by atoms with Crippen molar-refractivity contribution in [3.63, 3.8) is 0 Å². The van der Waals surface area contributed by atoms with Crippen molar-refractivity contribution in [2.45, 2.75) is 12.8 Å². The monoisotopic (exact) mass is 409 g/mol. The van der Waals surface area contributed by atoms with Crippen molar-refractivity contribution in [3.05, 3.63) is 65.5 Å². The predicted molar refractivity (Wildman–Crippen MR) is 111 cm³/mol. The summed E-state index contributed by atoms with van der Waals surface area (Å²) in [7, 11) is 1.71. The quantitative estimate of drug-likeness (QED) is 0.780. The van der Waals surface area contributed by atoms with Crippen molar-refractivity contribution in [1.29, 1.82) is 0 Å². The first-order chi connectivity index (χ1) is 14.5. The molecule has 2 aromatic carbocycles. The average molecular weight is 409 g/mol. The van der Waals surface area contributed by atoms with Crippen LogP contribution in [0.5, 0.6) is 0 Å². The molecule has 1 saturated heterocycles. The molecule has 156 valence electrons. The van der Waals surface area contributed by atoms with E-state index in [4.69, 9.17) is 0 Å². The topological polar surface area (TPSA) is 60.9 Å². The number of carbonyl (C=O) groups excluding carboxylic acids is 3. The molecule has 1 heterocycles. The Kier molecular flexibility index (Phi) is 5.53. The van der Waals surface area contributed by atoms with Gasteiger partial charge >= 0.3 is 0 Å². The van der Waals surface area contributed by atoms with E-state index in [2.05, 4.69) is 0 Å². The fourth-order valence-electron chi connectivity index (χ4n) is 3.76. The van der Waals surface area contributed by atoms with Crippen LogP contribution in [0.4, 0.5) is 10.1 Å². The van der Waals surface area contributed by atoms with Crippen molar-refractivity contribution in [1.82, 2.24) is 9.80 Å². The van der Waals surface area contributed by atoms with Gasteiger partial charge in [0.15, 0.2) is 0 Å². The molecule has 0 spiro atoms. The molecule has 3 amide bonds. The van der Waals surface area contributed by atoms with Gasteiger partial charge in [0.05, 0.1) is 16.8 Å². The first-order valence-electron chi connectivity index (χ1n) is 10.2. The van der Waals surface area contributed by atoms with Crippen molar-refractivity contribution in [3.8, 4) is 0 Å². The van der Waals surface area contributed by atoms with Crippen LogP contribution < -0.4 is 4.90 Å². The largest absolute Gasteiger partial charge is 0.335 e. The van der Waals surface area contributed by atoms with E-state index in [1.165, 1.54) is 12.1 Å². The highest BCUT2D eigenvalue weighted by Gasteiger charge is 2.34. The summed E-state index contributed by atoms with van der Waals surface area (Å²) < 4.78 is 13.9. The molecule has 0 unspecified atom stereocenters. The minimum atomic E-state index is -0.543. The maximum atomic E-state index is 13.9. The molecule has 1 aliphatic carbocycles. The molecule has 0 atom stereocenters. The van der Waals surface area contributed by atoms with Crippen LogP contribution in [0.25, 0.3) is 0 Å². The number of amides is 3. The highest BCUT2D eigenvalue weighted by Crippen LogP contribution is 2.33. The number of anilines is 1. The summed E-state index contributed by atoms with van der Waals surface area (Å²) in [5, 5.41) is 0. The number of piperazine rings is 1. The standard InChI is InChI=1S/C23H24FN3O3/c1-25(21(28)16-10-11-16)20-9-5-3-7-18(20)23(30)27-14-12-26(13-15-27)22(29)17-6-2-4-8-19(17)24/h2-9,16H,10-15H2,1H3. The van der Waals surface area contributed by atoms with Crippen molar-refractivity contribution in [2.24, 2.45) is 5.92 Å². The summed E-state index contributed by atoms with van der Waals surface area (Å²) in [4.78, 5) is 43.0. The molecule has 0 N–H and O–H groups in total. The number of carbonyl (C=O) groups is 3. The Morgan fingerprint density at radius 1 is 0.833 bits per heavy atom. The van der Waals surface area contributed by atoms with Crippen LogP contribution in [0, 0.1) is 11.7 Å². The second kappa shape index (κ2) is 8.26. The molecule has 2 fully saturated rings. The summed E-state index contributed by atoms with van der Waals surface area (Å²) in [5.41, 5.74) is 1.12. The Morgan fingerprint density at radius 2 is 1.33 bits per heavy atom. The lowest BCUT2D eigenvalue weighted by Crippen LogP contribution is -2.51. The number of halogens is 1. The van der Waals surface area contributed by atoms with Crippen molar-refractivity contribution < 1.29 is 18.8 Å². The van der Waals surface area contributed by atoms with Crippen LogP contribution in [0.2, 0.25) is 0 Å². The molecule has 2 aromatic rings. The molecular formula is C23H24FN3O3. The summed E-state index contributed by atoms with van der Waals surface area (Å²) >= 11 is 0. The number of benzene rings is 2. The first kappa shape index (κ1) is 20.1. The fourth-order valence-corrected chi connectivity index (χ4v) is 3.76. The Labute approximate surface area is 174 Å². The van der Waals surface area contributed by atoms with E-state index in [0.717, 1.165) is 12.8 Å². The zero-order valence-electron chi connectivity index (χ0n) is 16.9. The van der Waals surface area contributed by atoms with Gasteiger partial charge in [-0.15, -0.1) is 0 Å². The second-order valence-corrected chi connectivity index (χ2v) is 7.75. The molecule has 7 heteroatoms. The Bertz CT molecular complexity index is 981. The lowest BCUT2D eigenvalue weighted by Gasteiger charge is -2.35. The van der Waals surface area contributed by atoms with Crippen LogP contribution in [-0.4, -0.2) is 60.7 Å². The second-order valence-electron chi connectivity index (χ2n) is 7.75. The van der Waals surface area contributed by atoms with E-state index in [1.807, 2.05) is 6.07 Å². The molecular weight excluding hydrogens is 385 g/mol. The summed E-state index contributed by atoms with van der Waals surface area (Å²) in [6.45, 7) is 1.37. The molecule has 0 aromatic heterocycles. The average Bonchev–Trinajstić information content (AvgIpc) is 3.63. The zero-order chi connectivity index (χ0) is 21.3. The van der Waals surface area contributed by atoms with Crippen LogP contribution in [0.1, 0.15) is 33.6 Å². The molecule has 4 rings (SSSR count). The number of hydrogen-bond acceptors (Lipinski definition) is 3. The number of nitrogens with zero attached hydrogens (tertiary/aromatic N) is 3. The Hall–Kier alpha value is -3.22. The van der Waals surface area contributed by atoms with Gasteiger partial charge in [0.1, 0.15) is 5.82 Å². The lowest BCUT2D eigenvalue weighted by molar-refractivity contribution is -0.119. The minimum absolute atomic E-state index is 0.0375. The number of para-hydroxylation sites is 1. The molecule has 30 heavy (non-hydrogen) atoms. The highest BCUT2D eigenvalue weighted by molar-refractivity contribution is 6.05. The Balaban J connectivity index is 1.44. The van der Waals surface area contributed by atoms with Crippen molar-refractivity contribution >= 4 is 23.4 Å². The first-order valence-corrected chi connectivity index (χ1v) is 10.2. The van der Waals surface area contributed by atoms with Gasteiger partial charge in [-0.2, -0.15) is 0 Å². The van der Waals surface area contributed by atoms with Crippen LogP contribution >= 0.6 is 0 Å². The van der Waals surface area contributed by atoms with Gasteiger partial charge in [-0.05, 0) is 37.1 Å². The van der Waals surface area contributed by atoms with E-state index in [-0.39, 0.29) is 29.2 Å². The third-order valence-corrected chi connectivity index (χ3v) is 5.71. The number of rotatable bonds is 4. The van der Waals surface area contributed by atoms with Gasteiger partial charge in [0.25, 0.3) is 11.8 Å². The summed E-state index contributed by atoms with van der Waals surface area (Å²) in [6, 6.07) is 13.0. The molecule has 1 aliphatic heterocycles. The maximum Gasteiger partial charge on any atom is 0.256 e. The predicted octanol–water partition coefficient (Wildman–Crippen LogP) is 2.80. The van der Waals surface area contributed by atoms with Gasteiger partial charge in [-0.25, -0.2) is 4.39 Å². The van der Waals surface area contributed by atoms with Crippen LogP contribution in [-0.2, 0) is 4.79 Å². The van der Waals surface area contributed by atoms with E-state index in [0.29, 0.717) is 37.4 Å². The molecule has 0 radical (unpaired) electrons. The van der Waals surface area contributed by atoms with E-state index < -0.39 is 5.82 Å². The van der Waals surface area contributed by atoms with E-state index in [9.17, 15) is 18.8 Å². The third kappa shape index (κ3) is 3.92. The van der Waals surface area contributed by atoms with E-state index >= 15 is 0 Å². The molecule has 6 nitrogen and oxygen atoms in total. The van der Waals surface area contributed by atoms with Crippen LogP contribution in [0.3, 0.4) is 0 Å². The fraction of sp³-hybridized carbons (Fsp3) is 0.348. The number of hydrogen-bond donors (Lipinski definition) is 0. The van der Waals surface area contributed by atoms with Gasteiger partial charge < -0.3 is 14.7 Å². The van der Waals surface area contributed by atoms with Gasteiger partial charge in [0.2, 0.25) is 5.91 Å². The van der Waals surface area contributed by atoms with Gasteiger partial charge in [-0.1, -0.05) is 24.3 Å². The zero-order valence-corrected chi connectivity index (χ0v) is 16.9. The Morgan fingerprint density at radius 3 is 1.90 bits per heavy atom. The lowest BCUT2D eigenvalue weighted by atomic mass is 10.1. The normalized spacial score (nSPS) is 16.3. The highest BCUT2D eigenvalue weighted by atomic mass is 19.1. The van der Waals surface area contributed by atoms with Crippen molar-refractivity contribution in [2.75, 3.05) is 38.1 Å². The van der Waals surface area contributed by atoms with Gasteiger partial charge in [0, 0.05) is 39.1 Å².